The van der Waals surface area contributed by atoms with Crippen molar-refractivity contribution < 1.29 is 41.3 Å². The molecule has 1 fully saturated rings. The van der Waals surface area contributed by atoms with Crippen LogP contribution in [0, 0.1) is 0 Å². The van der Waals surface area contributed by atoms with Gasteiger partial charge in [-0.25, -0.2) is 0 Å². The average Bonchev–Trinajstić information content (AvgIpc) is 3.25. The zero-order chi connectivity index (χ0) is 23.4. The molecular formula is C19H16ClF3N4O6. The molecule has 1 aliphatic rings. The second kappa shape index (κ2) is 9.87. The van der Waals surface area contributed by atoms with E-state index in [0.717, 1.165) is 5.39 Å². The molecule has 0 unspecified atom stereocenters. The second-order valence-corrected chi connectivity index (χ2v) is 7.22. The van der Waals surface area contributed by atoms with Crippen LogP contribution in [-0.4, -0.2) is 59.9 Å². The Labute approximate surface area is 188 Å². The van der Waals surface area contributed by atoms with Crippen LogP contribution in [0.25, 0.3) is 10.9 Å². The number of ether oxygens (including phenoxy) is 4. The molecule has 1 N–H and O–H groups in total. The molecule has 0 spiro atoms. The molecule has 4 rings (SSSR count). The molecule has 1 amide bonds. The predicted octanol–water partition coefficient (Wildman–Crippen LogP) is 3.03. The van der Waals surface area contributed by atoms with Crippen LogP contribution in [0.15, 0.2) is 34.9 Å². The number of halogens is 4. The van der Waals surface area contributed by atoms with Crippen LogP contribution in [0.2, 0.25) is 5.02 Å². The van der Waals surface area contributed by atoms with Crippen molar-refractivity contribution in [2.45, 2.75) is 18.7 Å². The molecule has 0 saturated carbocycles. The monoisotopic (exact) mass is 488 g/mol. The van der Waals surface area contributed by atoms with Crippen molar-refractivity contribution >= 4 is 28.4 Å². The van der Waals surface area contributed by atoms with Gasteiger partial charge in [0.15, 0.2) is 0 Å². The number of pyridine rings is 1. The topological polar surface area (TPSA) is 118 Å². The van der Waals surface area contributed by atoms with Gasteiger partial charge in [-0.3, -0.25) is 14.5 Å². The van der Waals surface area contributed by atoms with E-state index in [-0.39, 0.29) is 31.1 Å². The fourth-order valence-corrected chi connectivity index (χ4v) is 3.04. The molecule has 0 radical (unpaired) electrons. The molecule has 3 aromatic rings. The number of carbonyl (C=O) groups is 1. The van der Waals surface area contributed by atoms with Crippen molar-refractivity contribution in [1.82, 2.24) is 20.5 Å². The lowest BCUT2D eigenvalue weighted by molar-refractivity contribution is -0.325. The number of nitrogens with zero attached hydrogens (tertiary/aromatic N) is 3. The van der Waals surface area contributed by atoms with E-state index in [9.17, 15) is 18.0 Å². The smallest absolute Gasteiger partial charge is 0.447 e. The van der Waals surface area contributed by atoms with E-state index in [2.05, 4.69) is 25.2 Å². The highest BCUT2D eigenvalue weighted by Gasteiger charge is 2.30. The van der Waals surface area contributed by atoms with Crippen LogP contribution in [0.4, 0.5) is 13.2 Å². The summed E-state index contributed by atoms with van der Waals surface area (Å²) in [7, 11) is 0. The minimum Gasteiger partial charge on any atom is -0.447 e. The maximum atomic E-state index is 12.5. The van der Waals surface area contributed by atoms with E-state index >= 15 is 0 Å². The van der Waals surface area contributed by atoms with Crippen molar-refractivity contribution in [2.75, 3.05) is 26.4 Å². The Balaban J connectivity index is 1.25. The molecule has 14 heteroatoms. The van der Waals surface area contributed by atoms with Crippen molar-refractivity contribution in [3.05, 3.63) is 46.9 Å². The Morgan fingerprint density at radius 2 is 1.97 bits per heavy atom. The lowest BCUT2D eigenvalue weighted by atomic mass is 10.1. The standard InChI is InChI=1S/C19H16ClF3N4O6/c20-12-2-1-10-5-11(7-24-14(10)6-12)15(28)25-13-8-30-17(31-9-13)16-26-27-18(33-16)29-3-4-32-19(21,22)23/h1-2,5-7,13,17H,3-4,8-9H2,(H,25,28)/t13-,17-. The number of fused-ring (bicyclic) bond motifs is 1. The van der Waals surface area contributed by atoms with Gasteiger partial charge >= 0.3 is 12.4 Å². The largest absolute Gasteiger partial charge is 0.522 e. The lowest BCUT2D eigenvalue weighted by Gasteiger charge is -2.27. The SMILES string of the molecule is O=C(N[C@H]1CO[C@H](c2nnc(OCCOC(F)(F)F)o2)OC1)c1cnc2cc(Cl)ccc2c1. The Morgan fingerprint density at radius 1 is 1.18 bits per heavy atom. The van der Waals surface area contributed by atoms with E-state index in [1.165, 1.54) is 6.20 Å². The molecular weight excluding hydrogens is 473 g/mol. The zero-order valence-corrected chi connectivity index (χ0v) is 17.4. The van der Waals surface area contributed by atoms with Gasteiger partial charge in [0, 0.05) is 16.6 Å². The van der Waals surface area contributed by atoms with Crippen LogP contribution in [0.5, 0.6) is 6.08 Å². The maximum Gasteiger partial charge on any atom is 0.522 e. The number of alkyl halides is 3. The van der Waals surface area contributed by atoms with Gasteiger partial charge in [-0.2, -0.15) is 0 Å². The molecule has 0 bridgehead atoms. The first-order chi connectivity index (χ1) is 15.8. The molecule has 10 nitrogen and oxygen atoms in total. The number of hydrogen-bond acceptors (Lipinski definition) is 9. The number of amides is 1. The third kappa shape index (κ3) is 6.28. The van der Waals surface area contributed by atoms with Crippen molar-refractivity contribution in [3.63, 3.8) is 0 Å². The Hall–Kier alpha value is -3.00. The third-order valence-corrected chi connectivity index (χ3v) is 4.57. The highest BCUT2D eigenvalue weighted by Crippen LogP contribution is 2.24. The molecule has 1 saturated heterocycles. The van der Waals surface area contributed by atoms with Crippen molar-refractivity contribution in [3.8, 4) is 6.08 Å². The number of nitrogens with one attached hydrogen (secondary N) is 1. The van der Waals surface area contributed by atoms with Gasteiger partial charge < -0.3 is 23.9 Å². The highest BCUT2D eigenvalue weighted by molar-refractivity contribution is 6.31. The summed E-state index contributed by atoms with van der Waals surface area (Å²) < 4.78 is 60.3. The van der Waals surface area contributed by atoms with Gasteiger partial charge in [-0.15, -0.1) is 18.3 Å². The first-order valence-electron chi connectivity index (χ1n) is 9.53. The summed E-state index contributed by atoms with van der Waals surface area (Å²) in [6.07, 6.45) is -4.68. The van der Waals surface area contributed by atoms with Crippen LogP contribution < -0.4 is 10.1 Å². The number of rotatable bonds is 7. The second-order valence-electron chi connectivity index (χ2n) is 6.78. The number of aromatic nitrogens is 3. The summed E-state index contributed by atoms with van der Waals surface area (Å²) in [6.45, 7) is -1.01. The fourth-order valence-electron chi connectivity index (χ4n) is 2.88. The quantitative estimate of drug-likeness (QED) is 0.500. The molecule has 33 heavy (non-hydrogen) atoms. The molecule has 176 valence electrons. The van der Waals surface area contributed by atoms with Gasteiger partial charge in [0.2, 0.25) is 6.29 Å². The predicted molar refractivity (Wildman–Crippen MR) is 104 cm³/mol. The summed E-state index contributed by atoms with van der Waals surface area (Å²) in [5, 5.41) is 11.3. The molecule has 0 aliphatic carbocycles. The van der Waals surface area contributed by atoms with Gasteiger partial charge in [0.1, 0.15) is 6.61 Å². The molecule has 2 aromatic heterocycles. The molecule has 0 atom stereocenters. The van der Waals surface area contributed by atoms with E-state index in [1.54, 1.807) is 24.3 Å². The Kier molecular flexibility index (Phi) is 6.93. The molecule has 1 aliphatic heterocycles. The lowest BCUT2D eigenvalue weighted by Crippen LogP contribution is -2.45. The number of carbonyl (C=O) groups excluding carboxylic acids is 1. The van der Waals surface area contributed by atoms with E-state index in [4.69, 9.17) is 30.2 Å². The van der Waals surface area contributed by atoms with Crippen LogP contribution >= 0.6 is 11.6 Å². The Morgan fingerprint density at radius 3 is 2.73 bits per heavy atom. The van der Waals surface area contributed by atoms with Crippen LogP contribution in [0.3, 0.4) is 0 Å². The van der Waals surface area contributed by atoms with E-state index in [1.807, 2.05) is 0 Å². The Bertz CT molecular complexity index is 1120. The minimum atomic E-state index is -4.75. The third-order valence-electron chi connectivity index (χ3n) is 4.34. The van der Waals surface area contributed by atoms with Crippen molar-refractivity contribution in [2.24, 2.45) is 0 Å². The van der Waals surface area contributed by atoms with Gasteiger partial charge in [-0.1, -0.05) is 22.8 Å². The summed E-state index contributed by atoms with van der Waals surface area (Å²) >= 11 is 5.94. The number of benzene rings is 1. The van der Waals surface area contributed by atoms with E-state index in [0.29, 0.717) is 16.1 Å². The summed E-state index contributed by atoms with van der Waals surface area (Å²) in [5.41, 5.74) is 1.03. The van der Waals surface area contributed by atoms with Gasteiger partial charge in [0.25, 0.3) is 11.8 Å². The van der Waals surface area contributed by atoms with Crippen molar-refractivity contribution in [1.29, 1.82) is 0 Å². The van der Waals surface area contributed by atoms with Gasteiger partial charge in [0.05, 0.1) is 36.9 Å². The van der Waals surface area contributed by atoms with E-state index < -0.39 is 31.9 Å². The molecule has 1 aromatic carbocycles. The molecule has 3 heterocycles. The fraction of sp³-hybridized carbons (Fsp3) is 0.368. The summed E-state index contributed by atoms with van der Waals surface area (Å²) in [6, 6.07) is 6.42. The maximum absolute atomic E-state index is 12.5. The highest BCUT2D eigenvalue weighted by atomic mass is 35.5. The zero-order valence-electron chi connectivity index (χ0n) is 16.7. The summed E-state index contributed by atoms with van der Waals surface area (Å²) in [5.74, 6) is -0.437. The van der Waals surface area contributed by atoms with Crippen LogP contribution in [-0.2, 0) is 14.2 Å². The first-order valence-corrected chi connectivity index (χ1v) is 9.91. The average molecular weight is 489 g/mol. The first kappa shape index (κ1) is 23.2. The van der Waals surface area contributed by atoms with Gasteiger partial charge in [-0.05, 0) is 18.2 Å². The summed E-state index contributed by atoms with van der Waals surface area (Å²) in [4.78, 5) is 16.8. The normalized spacial score (nSPS) is 18.9. The van der Waals surface area contributed by atoms with Crippen LogP contribution in [0.1, 0.15) is 22.5 Å². The number of hydrogen-bond donors (Lipinski definition) is 1. The minimum absolute atomic E-state index is 0.0797.